The number of rotatable bonds is 3. The summed E-state index contributed by atoms with van der Waals surface area (Å²) in [6, 6.07) is 8.46. The fraction of sp³-hybridized carbons (Fsp3) is 0.500. The predicted molar refractivity (Wildman–Crippen MR) is 74.5 cm³/mol. The highest BCUT2D eigenvalue weighted by Crippen LogP contribution is 2.31. The summed E-state index contributed by atoms with van der Waals surface area (Å²) in [6.07, 6.45) is 1.97. The van der Waals surface area contributed by atoms with Gasteiger partial charge in [0.15, 0.2) is 0 Å². The average molecular weight is 294 g/mol. The summed E-state index contributed by atoms with van der Waals surface area (Å²) >= 11 is 0. The van der Waals surface area contributed by atoms with Crippen molar-refractivity contribution in [1.29, 1.82) is 0 Å². The SMILES string of the molecule is O=C(C1CC1)N1CCN(S(=O)(=O)c2ccccc2)CC1. The topological polar surface area (TPSA) is 57.7 Å². The van der Waals surface area contributed by atoms with Gasteiger partial charge in [-0.05, 0) is 25.0 Å². The van der Waals surface area contributed by atoms with Crippen molar-refractivity contribution in [2.75, 3.05) is 26.2 Å². The molecule has 1 aromatic carbocycles. The highest BCUT2D eigenvalue weighted by atomic mass is 32.2. The minimum Gasteiger partial charge on any atom is -0.340 e. The lowest BCUT2D eigenvalue weighted by Gasteiger charge is -2.34. The minimum atomic E-state index is -3.42. The second-order valence-corrected chi connectivity index (χ2v) is 7.25. The van der Waals surface area contributed by atoms with Gasteiger partial charge in [0, 0.05) is 32.1 Å². The molecule has 1 heterocycles. The van der Waals surface area contributed by atoms with E-state index in [0.29, 0.717) is 31.1 Å². The first kappa shape index (κ1) is 13.6. The van der Waals surface area contributed by atoms with Crippen LogP contribution in [0, 0.1) is 5.92 Å². The van der Waals surface area contributed by atoms with Gasteiger partial charge in [0.25, 0.3) is 0 Å². The number of hydrogen-bond donors (Lipinski definition) is 0. The molecule has 6 heteroatoms. The van der Waals surface area contributed by atoms with Crippen molar-refractivity contribution >= 4 is 15.9 Å². The van der Waals surface area contributed by atoms with Gasteiger partial charge in [-0.2, -0.15) is 4.31 Å². The smallest absolute Gasteiger partial charge is 0.243 e. The first-order valence-electron chi connectivity index (χ1n) is 6.93. The van der Waals surface area contributed by atoms with Crippen LogP contribution in [0.3, 0.4) is 0 Å². The third-order valence-corrected chi connectivity index (χ3v) is 5.77. The van der Waals surface area contributed by atoms with Crippen LogP contribution in [0.2, 0.25) is 0 Å². The highest BCUT2D eigenvalue weighted by molar-refractivity contribution is 7.89. The van der Waals surface area contributed by atoms with Gasteiger partial charge < -0.3 is 4.90 Å². The molecule has 1 aliphatic heterocycles. The molecule has 0 aromatic heterocycles. The van der Waals surface area contributed by atoms with Crippen molar-refractivity contribution in [3.8, 4) is 0 Å². The van der Waals surface area contributed by atoms with Crippen LogP contribution in [0.1, 0.15) is 12.8 Å². The summed E-state index contributed by atoms with van der Waals surface area (Å²) in [4.78, 5) is 14.1. The standard InChI is InChI=1S/C14H18N2O3S/c17-14(12-6-7-12)15-8-10-16(11-9-15)20(18,19)13-4-2-1-3-5-13/h1-5,12H,6-11H2. The summed E-state index contributed by atoms with van der Waals surface area (Å²) in [5, 5.41) is 0. The van der Waals surface area contributed by atoms with E-state index in [9.17, 15) is 13.2 Å². The Morgan fingerprint density at radius 2 is 1.60 bits per heavy atom. The molecule has 20 heavy (non-hydrogen) atoms. The lowest BCUT2D eigenvalue weighted by Crippen LogP contribution is -2.50. The van der Waals surface area contributed by atoms with E-state index in [0.717, 1.165) is 12.8 Å². The van der Waals surface area contributed by atoms with Gasteiger partial charge in [0.2, 0.25) is 15.9 Å². The van der Waals surface area contributed by atoms with E-state index >= 15 is 0 Å². The number of carbonyl (C=O) groups excluding carboxylic acids is 1. The Labute approximate surface area is 119 Å². The Morgan fingerprint density at radius 1 is 1.00 bits per heavy atom. The molecule has 1 saturated carbocycles. The van der Waals surface area contributed by atoms with E-state index in [-0.39, 0.29) is 11.8 Å². The molecule has 5 nitrogen and oxygen atoms in total. The average Bonchev–Trinajstić information content (AvgIpc) is 3.32. The van der Waals surface area contributed by atoms with Gasteiger partial charge in [-0.15, -0.1) is 0 Å². The number of sulfonamides is 1. The zero-order chi connectivity index (χ0) is 14.2. The van der Waals surface area contributed by atoms with Gasteiger partial charge in [-0.25, -0.2) is 8.42 Å². The lowest BCUT2D eigenvalue weighted by molar-refractivity contribution is -0.133. The van der Waals surface area contributed by atoms with Gasteiger partial charge >= 0.3 is 0 Å². The van der Waals surface area contributed by atoms with Crippen LogP contribution in [0.4, 0.5) is 0 Å². The largest absolute Gasteiger partial charge is 0.340 e. The Bertz CT molecular complexity index is 588. The molecular weight excluding hydrogens is 276 g/mol. The summed E-state index contributed by atoms with van der Waals surface area (Å²) < 4.78 is 26.3. The molecule has 2 aliphatic rings. The fourth-order valence-electron chi connectivity index (χ4n) is 2.48. The van der Waals surface area contributed by atoms with Crippen molar-refractivity contribution < 1.29 is 13.2 Å². The van der Waals surface area contributed by atoms with Crippen LogP contribution in [-0.2, 0) is 14.8 Å². The van der Waals surface area contributed by atoms with Crippen LogP contribution in [0.15, 0.2) is 35.2 Å². The highest BCUT2D eigenvalue weighted by Gasteiger charge is 2.36. The summed E-state index contributed by atoms with van der Waals surface area (Å²) in [7, 11) is -3.42. The van der Waals surface area contributed by atoms with Crippen molar-refractivity contribution in [3.63, 3.8) is 0 Å². The van der Waals surface area contributed by atoms with E-state index in [4.69, 9.17) is 0 Å². The van der Waals surface area contributed by atoms with Gasteiger partial charge in [0.05, 0.1) is 4.90 Å². The van der Waals surface area contributed by atoms with E-state index in [1.54, 1.807) is 35.2 Å². The summed E-state index contributed by atoms with van der Waals surface area (Å²) in [5.74, 6) is 0.397. The Hall–Kier alpha value is -1.40. The first-order valence-corrected chi connectivity index (χ1v) is 8.37. The third-order valence-electron chi connectivity index (χ3n) is 3.86. The zero-order valence-electron chi connectivity index (χ0n) is 11.2. The number of piperazine rings is 1. The van der Waals surface area contributed by atoms with Crippen LogP contribution in [0.5, 0.6) is 0 Å². The molecule has 0 radical (unpaired) electrons. The molecule has 0 unspecified atom stereocenters. The Balaban J connectivity index is 1.67. The number of amides is 1. The normalized spacial score (nSPS) is 20.9. The molecule has 2 fully saturated rings. The second kappa shape index (κ2) is 5.18. The Morgan fingerprint density at radius 3 is 2.15 bits per heavy atom. The molecule has 108 valence electrons. The molecule has 1 saturated heterocycles. The molecular formula is C14H18N2O3S. The molecule has 0 N–H and O–H groups in total. The summed E-state index contributed by atoms with van der Waals surface area (Å²) in [6.45, 7) is 1.77. The van der Waals surface area contributed by atoms with E-state index in [2.05, 4.69) is 0 Å². The van der Waals surface area contributed by atoms with Crippen LogP contribution in [-0.4, -0.2) is 49.7 Å². The molecule has 0 bridgehead atoms. The maximum absolute atomic E-state index is 12.4. The minimum absolute atomic E-state index is 0.196. The number of benzene rings is 1. The van der Waals surface area contributed by atoms with Crippen molar-refractivity contribution in [1.82, 2.24) is 9.21 Å². The van der Waals surface area contributed by atoms with Gasteiger partial charge in [-0.3, -0.25) is 4.79 Å². The summed E-state index contributed by atoms with van der Waals surface area (Å²) in [5.41, 5.74) is 0. The maximum atomic E-state index is 12.4. The van der Waals surface area contributed by atoms with Gasteiger partial charge in [0.1, 0.15) is 0 Å². The number of nitrogens with zero attached hydrogens (tertiary/aromatic N) is 2. The quantitative estimate of drug-likeness (QED) is 0.833. The zero-order valence-corrected chi connectivity index (χ0v) is 12.1. The van der Waals surface area contributed by atoms with Crippen LogP contribution >= 0.6 is 0 Å². The van der Waals surface area contributed by atoms with Crippen LogP contribution < -0.4 is 0 Å². The molecule has 0 atom stereocenters. The number of hydrogen-bond acceptors (Lipinski definition) is 3. The Kier molecular flexibility index (Phi) is 3.52. The molecule has 0 spiro atoms. The fourth-order valence-corrected chi connectivity index (χ4v) is 3.92. The van der Waals surface area contributed by atoms with E-state index < -0.39 is 10.0 Å². The molecule has 1 amide bonds. The molecule has 1 aliphatic carbocycles. The van der Waals surface area contributed by atoms with Crippen molar-refractivity contribution in [3.05, 3.63) is 30.3 Å². The predicted octanol–water partition coefficient (Wildman–Crippen LogP) is 0.929. The van der Waals surface area contributed by atoms with Crippen molar-refractivity contribution in [2.24, 2.45) is 5.92 Å². The van der Waals surface area contributed by atoms with Gasteiger partial charge in [-0.1, -0.05) is 18.2 Å². The molecule has 3 rings (SSSR count). The maximum Gasteiger partial charge on any atom is 0.243 e. The monoisotopic (exact) mass is 294 g/mol. The lowest BCUT2D eigenvalue weighted by atomic mass is 10.3. The second-order valence-electron chi connectivity index (χ2n) is 5.32. The molecule has 1 aromatic rings. The third kappa shape index (κ3) is 2.58. The first-order chi connectivity index (χ1) is 9.59. The van der Waals surface area contributed by atoms with E-state index in [1.165, 1.54) is 4.31 Å². The van der Waals surface area contributed by atoms with Crippen molar-refractivity contribution in [2.45, 2.75) is 17.7 Å². The number of carbonyl (C=O) groups is 1. The van der Waals surface area contributed by atoms with E-state index in [1.807, 2.05) is 0 Å². The van der Waals surface area contributed by atoms with Crippen LogP contribution in [0.25, 0.3) is 0 Å².